The van der Waals surface area contributed by atoms with Crippen molar-refractivity contribution in [2.75, 3.05) is 6.54 Å². The number of nitro benzene ring substituents is 1. The molecule has 7 nitrogen and oxygen atoms in total. The Bertz CT molecular complexity index is 1010. The van der Waals surface area contributed by atoms with Crippen molar-refractivity contribution in [3.8, 4) is 0 Å². The SMILES string of the molecule is CCCCN1C(=O)C(=O)/C(=C(\O)c2cccc([N+](=O)[O-])c2)C1c1ccc(CC)cc1. The summed E-state index contributed by atoms with van der Waals surface area (Å²) in [5.74, 6) is -1.85. The van der Waals surface area contributed by atoms with Crippen molar-refractivity contribution in [2.24, 2.45) is 0 Å². The Morgan fingerprint density at radius 2 is 1.83 bits per heavy atom. The third-order valence-corrected chi connectivity index (χ3v) is 5.33. The number of likely N-dealkylation sites (tertiary alicyclic amines) is 1. The first-order valence-corrected chi connectivity index (χ1v) is 10.0. The quantitative estimate of drug-likeness (QED) is 0.241. The number of benzene rings is 2. The summed E-state index contributed by atoms with van der Waals surface area (Å²) in [5, 5.41) is 22.1. The smallest absolute Gasteiger partial charge is 0.295 e. The number of rotatable bonds is 7. The van der Waals surface area contributed by atoms with Crippen molar-refractivity contribution in [3.05, 3.63) is 80.9 Å². The molecular formula is C23H24N2O5. The minimum atomic E-state index is -0.778. The molecule has 156 valence electrons. The maximum atomic E-state index is 12.9. The molecule has 1 saturated heterocycles. The molecule has 0 saturated carbocycles. The zero-order valence-corrected chi connectivity index (χ0v) is 17.0. The van der Waals surface area contributed by atoms with E-state index in [0.29, 0.717) is 13.0 Å². The number of aliphatic hydroxyl groups excluding tert-OH is 1. The van der Waals surface area contributed by atoms with Crippen LogP contribution in [0, 0.1) is 10.1 Å². The lowest BCUT2D eigenvalue weighted by atomic mass is 9.94. The monoisotopic (exact) mass is 408 g/mol. The number of aryl methyl sites for hydroxylation is 1. The zero-order chi connectivity index (χ0) is 21.8. The molecule has 2 aromatic carbocycles. The second-order valence-electron chi connectivity index (χ2n) is 7.25. The number of carbonyl (C=O) groups excluding carboxylic acids is 2. The Morgan fingerprint density at radius 1 is 1.13 bits per heavy atom. The maximum absolute atomic E-state index is 12.9. The van der Waals surface area contributed by atoms with Gasteiger partial charge in [0.15, 0.2) is 0 Å². The summed E-state index contributed by atoms with van der Waals surface area (Å²) in [4.78, 5) is 37.7. The van der Waals surface area contributed by atoms with Gasteiger partial charge in [-0.3, -0.25) is 19.7 Å². The average molecular weight is 408 g/mol. The van der Waals surface area contributed by atoms with E-state index >= 15 is 0 Å². The molecule has 0 aliphatic carbocycles. The lowest BCUT2D eigenvalue weighted by Crippen LogP contribution is -2.30. The number of ketones is 1. The highest BCUT2D eigenvalue weighted by molar-refractivity contribution is 6.46. The first kappa shape index (κ1) is 21.2. The summed E-state index contributed by atoms with van der Waals surface area (Å²) < 4.78 is 0. The van der Waals surface area contributed by atoms with Gasteiger partial charge in [-0.15, -0.1) is 0 Å². The molecule has 1 atom stereocenters. The van der Waals surface area contributed by atoms with Gasteiger partial charge in [-0.05, 0) is 24.0 Å². The molecule has 3 rings (SSSR count). The van der Waals surface area contributed by atoms with Crippen LogP contribution in [0.15, 0.2) is 54.1 Å². The van der Waals surface area contributed by atoms with Gasteiger partial charge >= 0.3 is 0 Å². The number of Topliss-reactive ketones (excluding diaryl/α,β-unsaturated/α-hetero) is 1. The van der Waals surface area contributed by atoms with Crippen molar-refractivity contribution < 1.29 is 19.6 Å². The summed E-state index contributed by atoms with van der Waals surface area (Å²) in [5.41, 5.74) is 1.72. The van der Waals surface area contributed by atoms with E-state index in [1.165, 1.54) is 29.2 Å². The van der Waals surface area contributed by atoms with Crippen LogP contribution in [0.5, 0.6) is 0 Å². The fourth-order valence-electron chi connectivity index (χ4n) is 3.64. The number of amides is 1. The van der Waals surface area contributed by atoms with Gasteiger partial charge in [0.2, 0.25) is 0 Å². The van der Waals surface area contributed by atoms with Crippen LogP contribution < -0.4 is 0 Å². The molecule has 1 N–H and O–H groups in total. The van der Waals surface area contributed by atoms with Crippen LogP contribution in [0.4, 0.5) is 5.69 Å². The number of aliphatic hydroxyl groups is 1. The molecule has 0 radical (unpaired) electrons. The molecule has 0 bridgehead atoms. The first-order valence-electron chi connectivity index (χ1n) is 10.0. The van der Waals surface area contributed by atoms with E-state index in [0.717, 1.165) is 24.0 Å². The maximum Gasteiger partial charge on any atom is 0.295 e. The van der Waals surface area contributed by atoms with Gasteiger partial charge in [0, 0.05) is 24.2 Å². The molecule has 1 aliphatic rings. The Morgan fingerprint density at radius 3 is 2.43 bits per heavy atom. The van der Waals surface area contributed by atoms with Gasteiger partial charge in [-0.1, -0.05) is 56.7 Å². The van der Waals surface area contributed by atoms with Gasteiger partial charge in [-0.2, -0.15) is 0 Å². The summed E-state index contributed by atoms with van der Waals surface area (Å²) in [6, 6.07) is 12.3. The van der Waals surface area contributed by atoms with Gasteiger partial charge in [0.05, 0.1) is 16.5 Å². The van der Waals surface area contributed by atoms with Crippen LogP contribution in [0.1, 0.15) is 49.4 Å². The molecule has 2 aromatic rings. The third-order valence-electron chi connectivity index (χ3n) is 5.33. The van der Waals surface area contributed by atoms with E-state index in [-0.39, 0.29) is 16.8 Å². The number of non-ortho nitro benzene ring substituents is 1. The molecular weight excluding hydrogens is 384 g/mol. The topological polar surface area (TPSA) is 101 Å². The van der Waals surface area contributed by atoms with E-state index in [1.807, 2.05) is 38.1 Å². The van der Waals surface area contributed by atoms with Crippen molar-refractivity contribution in [3.63, 3.8) is 0 Å². The van der Waals surface area contributed by atoms with Crippen LogP contribution in [-0.4, -0.2) is 33.2 Å². The highest BCUT2D eigenvalue weighted by atomic mass is 16.6. The largest absolute Gasteiger partial charge is 0.507 e. The van der Waals surface area contributed by atoms with Crippen molar-refractivity contribution in [2.45, 2.75) is 39.2 Å². The number of unbranched alkanes of at least 4 members (excludes halogenated alkanes) is 1. The van der Waals surface area contributed by atoms with Gasteiger partial charge < -0.3 is 10.0 Å². The fourth-order valence-corrected chi connectivity index (χ4v) is 3.64. The molecule has 1 heterocycles. The Balaban J connectivity index is 2.16. The predicted molar refractivity (Wildman–Crippen MR) is 113 cm³/mol. The van der Waals surface area contributed by atoms with Crippen molar-refractivity contribution in [1.29, 1.82) is 0 Å². The van der Waals surface area contributed by atoms with Crippen molar-refractivity contribution >= 4 is 23.1 Å². The lowest BCUT2D eigenvalue weighted by molar-refractivity contribution is -0.384. The fraction of sp³-hybridized carbons (Fsp3) is 0.304. The lowest BCUT2D eigenvalue weighted by Gasteiger charge is -2.25. The molecule has 7 heteroatoms. The molecule has 0 spiro atoms. The van der Waals surface area contributed by atoms with E-state index in [2.05, 4.69) is 0 Å². The molecule has 1 fully saturated rings. The predicted octanol–water partition coefficient (Wildman–Crippen LogP) is 4.38. The highest BCUT2D eigenvalue weighted by Gasteiger charge is 2.45. The minimum absolute atomic E-state index is 0.0409. The van der Waals surface area contributed by atoms with Gasteiger partial charge in [0.25, 0.3) is 17.4 Å². The van der Waals surface area contributed by atoms with E-state index in [1.54, 1.807) is 0 Å². The molecule has 1 amide bonds. The number of nitro groups is 1. The number of hydrogen-bond acceptors (Lipinski definition) is 5. The Kier molecular flexibility index (Phi) is 6.30. The van der Waals surface area contributed by atoms with Crippen LogP contribution in [0.25, 0.3) is 5.76 Å². The summed E-state index contributed by atoms with van der Waals surface area (Å²) in [6.45, 7) is 4.41. The Hall–Kier alpha value is -3.48. The molecule has 1 aliphatic heterocycles. The number of hydrogen-bond donors (Lipinski definition) is 1. The first-order chi connectivity index (χ1) is 14.4. The second-order valence-corrected chi connectivity index (χ2v) is 7.25. The van der Waals surface area contributed by atoms with Gasteiger partial charge in [-0.25, -0.2) is 0 Å². The Labute approximate surface area is 174 Å². The molecule has 0 aromatic heterocycles. The van der Waals surface area contributed by atoms with Crippen molar-refractivity contribution in [1.82, 2.24) is 4.90 Å². The number of carbonyl (C=O) groups is 2. The van der Waals surface area contributed by atoms with E-state index in [4.69, 9.17) is 0 Å². The second kappa shape index (κ2) is 8.90. The van der Waals surface area contributed by atoms with Crippen LogP contribution in [-0.2, 0) is 16.0 Å². The zero-order valence-electron chi connectivity index (χ0n) is 17.0. The average Bonchev–Trinajstić information content (AvgIpc) is 3.02. The third kappa shape index (κ3) is 3.96. The summed E-state index contributed by atoms with van der Waals surface area (Å²) >= 11 is 0. The van der Waals surface area contributed by atoms with Gasteiger partial charge in [0.1, 0.15) is 5.76 Å². The molecule has 1 unspecified atom stereocenters. The highest BCUT2D eigenvalue weighted by Crippen LogP contribution is 2.40. The number of nitrogens with zero attached hydrogens (tertiary/aromatic N) is 2. The van der Waals surface area contributed by atoms with Crippen LogP contribution in [0.3, 0.4) is 0 Å². The van der Waals surface area contributed by atoms with Crippen LogP contribution in [0.2, 0.25) is 0 Å². The molecule has 30 heavy (non-hydrogen) atoms. The normalized spacial score (nSPS) is 18.1. The summed E-state index contributed by atoms with van der Waals surface area (Å²) in [6.07, 6.45) is 2.41. The minimum Gasteiger partial charge on any atom is -0.507 e. The van der Waals surface area contributed by atoms with E-state index < -0.39 is 28.4 Å². The summed E-state index contributed by atoms with van der Waals surface area (Å²) in [7, 11) is 0. The van der Waals surface area contributed by atoms with E-state index in [9.17, 15) is 24.8 Å². The van der Waals surface area contributed by atoms with Crippen LogP contribution >= 0.6 is 0 Å². The standard InChI is InChI=1S/C23H24N2O5/c1-3-5-13-24-20(16-11-9-15(4-2)10-12-16)19(22(27)23(24)28)21(26)17-7-6-8-18(14-17)25(29)30/h6-12,14,20,26H,3-5,13H2,1-2H3/b21-19-.